The zero-order valence-corrected chi connectivity index (χ0v) is 18.9. The molecule has 0 unspecified atom stereocenters. The van der Waals surface area contributed by atoms with E-state index in [4.69, 9.17) is 16.3 Å². The van der Waals surface area contributed by atoms with Crippen LogP contribution in [0.2, 0.25) is 5.02 Å². The molecule has 0 atom stereocenters. The van der Waals surface area contributed by atoms with Crippen LogP contribution in [0.5, 0.6) is 5.75 Å². The van der Waals surface area contributed by atoms with Crippen molar-refractivity contribution in [3.63, 3.8) is 0 Å². The smallest absolute Gasteiger partial charge is 0.276 e. The van der Waals surface area contributed by atoms with E-state index in [1.807, 2.05) is 12.1 Å². The van der Waals surface area contributed by atoms with Gasteiger partial charge in [-0.1, -0.05) is 25.4 Å². The number of methoxy groups -OCH3 is 1. The first kappa shape index (κ1) is 22.8. The molecule has 0 fully saturated rings. The second-order valence-corrected chi connectivity index (χ2v) is 8.85. The van der Waals surface area contributed by atoms with E-state index in [-0.39, 0.29) is 15.6 Å². The summed E-state index contributed by atoms with van der Waals surface area (Å²) in [6, 6.07) is 13.1. The molecule has 3 rings (SSSR count). The van der Waals surface area contributed by atoms with Crippen LogP contribution >= 0.6 is 11.6 Å². The molecule has 0 saturated carbocycles. The largest absolute Gasteiger partial charge is 0.497 e. The van der Waals surface area contributed by atoms with Crippen molar-refractivity contribution < 1.29 is 17.9 Å². The van der Waals surface area contributed by atoms with Crippen molar-refractivity contribution in [3.8, 4) is 11.4 Å². The molecule has 31 heavy (non-hydrogen) atoms. The van der Waals surface area contributed by atoms with Gasteiger partial charge < -0.3 is 10.1 Å². The van der Waals surface area contributed by atoms with Gasteiger partial charge in [-0.2, -0.15) is 9.40 Å². The van der Waals surface area contributed by atoms with Crippen molar-refractivity contribution in [1.82, 2.24) is 14.1 Å². The summed E-state index contributed by atoms with van der Waals surface area (Å²) in [6.45, 7) is 4.13. The Kier molecular flexibility index (Phi) is 6.99. The fourth-order valence-corrected chi connectivity index (χ4v) is 4.96. The lowest BCUT2D eigenvalue weighted by Gasteiger charge is -2.19. The fourth-order valence-electron chi connectivity index (χ4n) is 3.00. The molecule has 1 N–H and O–H groups in total. The summed E-state index contributed by atoms with van der Waals surface area (Å²) in [7, 11) is -2.19. The molecule has 1 heterocycles. The van der Waals surface area contributed by atoms with E-state index in [9.17, 15) is 13.2 Å². The number of nitrogens with zero attached hydrogens (tertiary/aromatic N) is 3. The van der Waals surface area contributed by atoms with Crippen LogP contribution in [0.15, 0.2) is 59.6 Å². The highest BCUT2D eigenvalue weighted by Crippen LogP contribution is 2.28. The third-order valence-electron chi connectivity index (χ3n) is 4.67. The standard InChI is InChI=1S/C21H23ClN4O4S/c1-4-25(5-2)31(28,29)20-14-15(6-11-18(20)22)23-21(27)19-12-13-26(24-19)16-7-9-17(30-3)10-8-16/h6-14H,4-5H2,1-3H3,(H,23,27). The molecule has 3 aromatic rings. The molecule has 8 nitrogen and oxygen atoms in total. The molecule has 1 amide bonds. The lowest BCUT2D eigenvalue weighted by atomic mass is 10.3. The lowest BCUT2D eigenvalue weighted by molar-refractivity contribution is 0.102. The number of halogens is 1. The number of aromatic nitrogens is 2. The number of carbonyl (C=O) groups excluding carboxylic acids is 1. The number of carbonyl (C=O) groups is 1. The van der Waals surface area contributed by atoms with E-state index in [1.165, 1.54) is 16.4 Å². The Labute approximate surface area is 186 Å². The maximum absolute atomic E-state index is 12.8. The molecule has 2 aromatic carbocycles. The van der Waals surface area contributed by atoms with Crippen LogP contribution in [0.4, 0.5) is 5.69 Å². The number of hydrogen-bond acceptors (Lipinski definition) is 5. The van der Waals surface area contributed by atoms with Crippen LogP contribution in [0.25, 0.3) is 5.69 Å². The third kappa shape index (κ3) is 4.90. The second-order valence-electron chi connectivity index (χ2n) is 6.53. The van der Waals surface area contributed by atoms with Gasteiger partial charge in [0.25, 0.3) is 5.91 Å². The van der Waals surface area contributed by atoms with Crippen molar-refractivity contribution >= 4 is 33.2 Å². The Morgan fingerprint density at radius 3 is 2.42 bits per heavy atom. The number of amides is 1. The van der Waals surface area contributed by atoms with Gasteiger partial charge >= 0.3 is 0 Å². The summed E-state index contributed by atoms with van der Waals surface area (Å²) in [5.41, 5.74) is 1.25. The van der Waals surface area contributed by atoms with Crippen LogP contribution in [-0.4, -0.2) is 48.6 Å². The van der Waals surface area contributed by atoms with Crippen LogP contribution in [0.1, 0.15) is 24.3 Å². The molecule has 0 saturated heterocycles. The van der Waals surface area contributed by atoms with Crippen molar-refractivity contribution in [3.05, 3.63) is 65.4 Å². The Morgan fingerprint density at radius 2 is 1.81 bits per heavy atom. The fraction of sp³-hybridized carbons (Fsp3) is 0.238. The SMILES string of the molecule is CCN(CC)S(=O)(=O)c1cc(NC(=O)c2ccn(-c3ccc(OC)cc3)n2)ccc1Cl. The van der Waals surface area contributed by atoms with E-state index in [0.29, 0.717) is 24.5 Å². The molecule has 0 aliphatic rings. The first-order valence-corrected chi connectivity index (χ1v) is 11.4. The minimum atomic E-state index is -3.77. The zero-order valence-electron chi connectivity index (χ0n) is 17.4. The summed E-state index contributed by atoms with van der Waals surface area (Å²) >= 11 is 6.14. The van der Waals surface area contributed by atoms with E-state index in [1.54, 1.807) is 56.1 Å². The minimum absolute atomic E-state index is 0.0561. The average Bonchev–Trinajstić information content (AvgIpc) is 3.26. The molecular formula is C21H23ClN4O4S. The van der Waals surface area contributed by atoms with Gasteiger partial charge in [0.2, 0.25) is 10.0 Å². The first-order chi connectivity index (χ1) is 14.8. The van der Waals surface area contributed by atoms with E-state index in [2.05, 4.69) is 10.4 Å². The molecule has 0 aliphatic heterocycles. The number of anilines is 1. The molecule has 164 valence electrons. The van der Waals surface area contributed by atoms with Crippen LogP contribution in [0.3, 0.4) is 0 Å². The van der Waals surface area contributed by atoms with Gasteiger partial charge in [-0.15, -0.1) is 0 Å². The third-order valence-corrected chi connectivity index (χ3v) is 7.20. The predicted molar refractivity (Wildman–Crippen MR) is 120 cm³/mol. The topological polar surface area (TPSA) is 93.5 Å². The molecule has 0 aliphatic carbocycles. The number of nitrogens with one attached hydrogen (secondary N) is 1. The molecule has 0 radical (unpaired) electrons. The van der Waals surface area contributed by atoms with Crippen molar-refractivity contribution in [2.45, 2.75) is 18.7 Å². The molecular weight excluding hydrogens is 440 g/mol. The molecule has 1 aromatic heterocycles. The van der Waals surface area contributed by atoms with E-state index in [0.717, 1.165) is 5.69 Å². The summed E-state index contributed by atoms with van der Waals surface area (Å²) in [6.07, 6.45) is 1.66. The normalized spacial score (nSPS) is 11.5. The van der Waals surface area contributed by atoms with Gasteiger partial charge in [0, 0.05) is 25.0 Å². The van der Waals surface area contributed by atoms with Crippen molar-refractivity contribution in [1.29, 1.82) is 0 Å². The average molecular weight is 463 g/mol. The monoisotopic (exact) mass is 462 g/mol. The quantitative estimate of drug-likeness (QED) is 0.549. The highest BCUT2D eigenvalue weighted by molar-refractivity contribution is 7.89. The van der Waals surface area contributed by atoms with Crippen molar-refractivity contribution in [2.75, 3.05) is 25.5 Å². The highest BCUT2D eigenvalue weighted by atomic mass is 35.5. The molecule has 0 bridgehead atoms. The Hall–Kier alpha value is -2.88. The van der Waals surface area contributed by atoms with E-state index < -0.39 is 15.9 Å². The van der Waals surface area contributed by atoms with Crippen LogP contribution < -0.4 is 10.1 Å². The van der Waals surface area contributed by atoms with Crippen LogP contribution in [0, 0.1) is 0 Å². The minimum Gasteiger partial charge on any atom is -0.497 e. The Balaban J connectivity index is 1.82. The predicted octanol–water partition coefficient (Wildman–Crippen LogP) is 3.82. The summed E-state index contributed by atoms with van der Waals surface area (Å²) in [5, 5.41) is 7.06. The summed E-state index contributed by atoms with van der Waals surface area (Å²) in [4.78, 5) is 12.6. The van der Waals surface area contributed by atoms with Gasteiger partial charge in [0.1, 0.15) is 10.6 Å². The van der Waals surface area contributed by atoms with Crippen LogP contribution in [-0.2, 0) is 10.0 Å². The van der Waals surface area contributed by atoms with E-state index >= 15 is 0 Å². The number of ether oxygens (including phenoxy) is 1. The highest BCUT2D eigenvalue weighted by Gasteiger charge is 2.25. The maximum Gasteiger partial charge on any atom is 0.276 e. The Morgan fingerprint density at radius 1 is 1.13 bits per heavy atom. The second kappa shape index (κ2) is 9.51. The number of benzene rings is 2. The number of hydrogen-bond donors (Lipinski definition) is 1. The summed E-state index contributed by atoms with van der Waals surface area (Å²) in [5.74, 6) is 0.243. The number of sulfonamides is 1. The number of rotatable bonds is 8. The lowest BCUT2D eigenvalue weighted by Crippen LogP contribution is -2.30. The molecule has 10 heteroatoms. The van der Waals surface area contributed by atoms with Gasteiger partial charge in [-0.05, 0) is 48.5 Å². The van der Waals surface area contributed by atoms with Crippen molar-refractivity contribution in [2.24, 2.45) is 0 Å². The van der Waals surface area contributed by atoms with Gasteiger partial charge in [-0.3, -0.25) is 4.79 Å². The molecule has 0 spiro atoms. The van der Waals surface area contributed by atoms with Gasteiger partial charge in [0.05, 0.1) is 17.8 Å². The maximum atomic E-state index is 12.8. The first-order valence-electron chi connectivity index (χ1n) is 9.61. The van der Waals surface area contributed by atoms with Gasteiger partial charge in [0.15, 0.2) is 5.69 Å². The Bertz CT molecular complexity index is 1170. The van der Waals surface area contributed by atoms with Gasteiger partial charge in [-0.25, -0.2) is 13.1 Å². The zero-order chi connectivity index (χ0) is 22.6. The summed E-state index contributed by atoms with van der Waals surface area (Å²) < 4.78 is 33.7.